The maximum atomic E-state index is 13.0. The number of likely N-dealkylation sites (N-methyl/N-ethyl adjacent to an activating group) is 1. The normalized spacial score (nSPS) is 22.3. The monoisotopic (exact) mass is 365 g/mol. The molecule has 0 bridgehead atoms. The first-order chi connectivity index (χ1) is 11.9. The van der Waals surface area contributed by atoms with Crippen LogP contribution in [0.3, 0.4) is 0 Å². The second-order valence-electron chi connectivity index (χ2n) is 6.93. The minimum absolute atomic E-state index is 0.0760. The molecule has 3 rings (SSSR count). The van der Waals surface area contributed by atoms with Crippen molar-refractivity contribution in [2.75, 3.05) is 33.2 Å². The van der Waals surface area contributed by atoms with Crippen LogP contribution in [0.25, 0.3) is 0 Å². The molecule has 2 heterocycles. The van der Waals surface area contributed by atoms with Crippen molar-refractivity contribution < 1.29 is 13.2 Å². The minimum Gasteiger partial charge on any atom is -0.342 e. The van der Waals surface area contributed by atoms with Crippen molar-refractivity contribution in [3.8, 4) is 0 Å². The molecule has 1 unspecified atom stereocenters. The van der Waals surface area contributed by atoms with E-state index in [1.807, 2.05) is 24.1 Å². The van der Waals surface area contributed by atoms with Gasteiger partial charge in [0.2, 0.25) is 15.9 Å². The Balaban J connectivity index is 1.83. The molecule has 1 atom stereocenters. The SMILES string of the molecule is CNC1CCCN(S(=O)(=O)c2ccc3c(c2)CCN(C(C)=O)CC3)C1. The number of hydrogen-bond acceptors (Lipinski definition) is 4. The lowest BCUT2D eigenvalue weighted by Gasteiger charge is -2.31. The lowest BCUT2D eigenvalue weighted by atomic mass is 10.0. The van der Waals surface area contributed by atoms with Gasteiger partial charge < -0.3 is 10.2 Å². The van der Waals surface area contributed by atoms with Gasteiger partial charge >= 0.3 is 0 Å². The van der Waals surface area contributed by atoms with Gasteiger partial charge in [-0.15, -0.1) is 0 Å². The first-order valence-electron chi connectivity index (χ1n) is 8.96. The predicted molar refractivity (Wildman–Crippen MR) is 96.9 cm³/mol. The number of fused-ring (bicyclic) bond motifs is 1. The quantitative estimate of drug-likeness (QED) is 0.868. The molecule has 0 spiro atoms. The Kier molecular flexibility index (Phi) is 5.46. The van der Waals surface area contributed by atoms with Gasteiger partial charge in [-0.1, -0.05) is 6.07 Å². The maximum Gasteiger partial charge on any atom is 0.243 e. The average Bonchev–Trinajstić information content (AvgIpc) is 2.83. The fourth-order valence-corrected chi connectivity index (χ4v) is 5.30. The summed E-state index contributed by atoms with van der Waals surface area (Å²) in [5.41, 5.74) is 2.20. The molecule has 7 heteroatoms. The van der Waals surface area contributed by atoms with Crippen LogP contribution in [0.15, 0.2) is 23.1 Å². The van der Waals surface area contributed by atoms with Gasteiger partial charge in [-0.3, -0.25) is 4.79 Å². The topological polar surface area (TPSA) is 69.7 Å². The number of piperidine rings is 1. The van der Waals surface area contributed by atoms with E-state index in [0.717, 1.165) is 30.4 Å². The highest BCUT2D eigenvalue weighted by Gasteiger charge is 2.30. The number of benzene rings is 1. The molecule has 6 nitrogen and oxygen atoms in total. The van der Waals surface area contributed by atoms with Crippen LogP contribution in [-0.4, -0.2) is 62.8 Å². The average molecular weight is 365 g/mol. The molecule has 1 fully saturated rings. The third-order valence-electron chi connectivity index (χ3n) is 5.36. The Morgan fingerprint density at radius 3 is 2.56 bits per heavy atom. The predicted octanol–water partition coefficient (Wildman–Crippen LogP) is 1.01. The molecule has 1 N–H and O–H groups in total. The van der Waals surface area contributed by atoms with Crippen LogP contribution in [0.1, 0.15) is 30.9 Å². The third kappa shape index (κ3) is 3.88. The van der Waals surface area contributed by atoms with Crippen LogP contribution >= 0.6 is 0 Å². The van der Waals surface area contributed by atoms with Crippen molar-refractivity contribution in [2.24, 2.45) is 0 Å². The zero-order valence-electron chi connectivity index (χ0n) is 15.0. The Hall–Kier alpha value is -1.44. The van der Waals surface area contributed by atoms with E-state index < -0.39 is 10.0 Å². The minimum atomic E-state index is -3.47. The zero-order valence-corrected chi connectivity index (χ0v) is 15.8. The number of hydrogen-bond donors (Lipinski definition) is 1. The highest BCUT2D eigenvalue weighted by Crippen LogP contribution is 2.25. The summed E-state index contributed by atoms with van der Waals surface area (Å²) in [6, 6.07) is 5.68. The van der Waals surface area contributed by atoms with E-state index in [0.29, 0.717) is 37.5 Å². The molecule has 0 saturated carbocycles. The summed E-state index contributed by atoms with van der Waals surface area (Å²) in [7, 11) is -1.59. The molecule has 1 saturated heterocycles. The van der Waals surface area contributed by atoms with Crippen molar-refractivity contribution in [3.05, 3.63) is 29.3 Å². The Morgan fingerprint density at radius 2 is 1.88 bits per heavy atom. The molecular weight excluding hydrogens is 338 g/mol. The van der Waals surface area contributed by atoms with Crippen molar-refractivity contribution in [2.45, 2.75) is 43.5 Å². The van der Waals surface area contributed by atoms with E-state index >= 15 is 0 Å². The molecule has 25 heavy (non-hydrogen) atoms. The molecule has 138 valence electrons. The number of amides is 1. The zero-order chi connectivity index (χ0) is 18.0. The summed E-state index contributed by atoms with van der Waals surface area (Å²) in [6.45, 7) is 4.03. The number of carbonyl (C=O) groups is 1. The van der Waals surface area contributed by atoms with Crippen LogP contribution in [0.4, 0.5) is 0 Å². The number of sulfonamides is 1. The van der Waals surface area contributed by atoms with Crippen LogP contribution in [0, 0.1) is 0 Å². The first kappa shape index (κ1) is 18.4. The standard InChI is InChI=1S/C18H27N3O3S/c1-14(22)20-10-7-15-5-6-18(12-16(15)8-11-20)25(23,24)21-9-3-4-17(13-21)19-2/h5-6,12,17,19H,3-4,7-11,13H2,1-2H3. The van der Waals surface area contributed by atoms with Gasteiger partial charge in [0.25, 0.3) is 0 Å². The molecule has 1 aromatic rings. The van der Waals surface area contributed by atoms with Gasteiger partial charge in [0, 0.05) is 39.1 Å². The van der Waals surface area contributed by atoms with Gasteiger partial charge in [-0.25, -0.2) is 8.42 Å². The Morgan fingerprint density at radius 1 is 1.16 bits per heavy atom. The Labute approximate surface area is 150 Å². The van der Waals surface area contributed by atoms with E-state index in [1.165, 1.54) is 0 Å². The van der Waals surface area contributed by atoms with E-state index in [1.54, 1.807) is 17.3 Å². The summed E-state index contributed by atoms with van der Waals surface area (Å²) in [5.74, 6) is 0.0760. The summed E-state index contributed by atoms with van der Waals surface area (Å²) in [6.07, 6.45) is 3.37. The van der Waals surface area contributed by atoms with Crippen molar-refractivity contribution >= 4 is 15.9 Å². The van der Waals surface area contributed by atoms with Crippen LogP contribution in [0.2, 0.25) is 0 Å². The first-order valence-corrected chi connectivity index (χ1v) is 10.4. The number of nitrogens with zero attached hydrogens (tertiary/aromatic N) is 2. The van der Waals surface area contributed by atoms with Crippen molar-refractivity contribution in [1.82, 2.24) is 14.5 Å². The molecule has 2 aliphatic rings. The molecule has 0 radical (unpaired) electrons. The number of carbonyl (C=O) groups excluding carboxylic acids is 1. The molecule has 1 amide bonds. The van der Waals surface area contributed by atoms with Crippen LogP contribution in [0.5, 0.6) is 0 Å². The van der Waals surface area contributed by atoms with Crippen LogP contribution in [-0.2, 0) is 27.7 Å². The summed E-state index contributed by atoms with van der Waals surface area (Å²) >= 11 is 0. The fraction of sp³-hybridized carbons (Fsp3) is 0.611. The van der Waals surface area contributed by atoms with E-state index in [9.17, 15) is 13.2 Å². The summed E-state index contributed by atoms with van der Waals surface area (Å²) < 4.78 is 27.6. The Bertz CT molecular complexity index is 748. The van der Waals surface area contributed by atoms with Crippen LogP contribution < -0.4 is 5.32 Å². The van der Waals surface area contributed by atoms with Crippen molar-refractivity contribution in [3.63, 3.8) is 0 Å². The third-order valence-corrected chi connectivity index (χ3v) is 7.22. The fourth-order valence-electron chi connectivity index (χ4n) is 3.72. The molecule has 0 aromatic heterocycles. The second-order valence-corrected chi connectivity index (χ2v) is 8.87. The van der Waals surface area contributed by atoms with Gasteiger partial charge in [-0.05, 0) is 56.0 Å². The summed E-state index contributed by atoms with van der Waals surface area (Å²) in [4.78, 5) is 13.8. The van der Waals surface area contributed by atoms with Gasteiger partial charge in [0.1, 0.15) is 0 Å². The van der Waals surface area contributed by atoms with Gasteiger partial charge in [-0.2, -0.15) is 4.31 Å². The number of rotatable bonds is 3. The molecule has 1 aromatic carbocycles. The van der Waals surface area contributed by atoms with Gasteiger partial charge in [0.15, 0.2) is 0 Å². The lowest BCUT2D eigenvalue weighted by molar-refractivity contribution is -0.128. The molecule has 2 aliphatic heterocycles. The van der Waals surface area contributed by atoms with Gasteiger partial charge in [0.05, 0.1) is 4.90 Å². The van der Waals surface area contributed by atoms with E-state index in [-0.39, 0.29) is 11.9 Å². The maximum absolute atomic E-state index is 13.0. The summed E-state index contributed by atoms with van der Waals surface area (Å²) in [5, 5.41) is 3.19. The smallest absolute Gasteiger partial charge is 0.243 e. The second kappa shape index (κ2) is 7.43. The van der Waals surface area contributed by atoms with E-state index in [4.69, 9.17) is 0 Å². The van der Waals surface area contributed by atoms with E-state index in [2.05, 4.69) is 5.32 Å². The highest BCUT2D eigenvalue weighted by molar-refractivity contribution is 7.89. The highest BCUT2D eigenvalue weighted by atomic mass is 32.2. The van der Waals surface area contributed by atoms with Crippen molar-refractivity contribution in [1.29, 1.82) is 0 Å². The largest absolute Gasteiger partial charge is 0.342 e. The lowest BCUT2D eigenvalue weighted by Crippen LogP contribution is -2.46. The molecule has 0 aliphatic carbocycles. The number of nitrogens with one attached hydrogen (secondary N) is 1. The molecular formula is C18H27N3O3S.